The summed E-state index contributed by atoms with van der Waals surface area (Å²) >= 11 is 0. The second-order valence-corrected chi connectivity index (χ2v) is 7.71. The van der Waals surface area contributed by atoms with E-state index in [0.717, 1.165) is 37.0 Å². The van der Waals surface area contributed by atoms with E-state index in [2.05, 4.69) is 17.6 Å². The van der Waals surface area contributed by atoms with Crippen LogP contribution in [0.4, 0.5) is 4.79 Å². The SMILES string of the molecule is C[C@H]1CCCC[C@H]1NC(=O)COC(=O)CN1C(=O)NC2(CCCC2)C1=O. The third-order valence-electron chi connectivity index (χ3n) is 5.81. The first-order valence-electron chi connectivity index (χ1n) is 9.50. The molecule has 8 nitrogen and oxygen atoms in total. The minimum atomic E-state index is -0.841. The number of hydrogen-bond donors (Lipinski definition) is 2. The van der Waals surface area contributed by atoms with Crippen LogP contribution < -0.4 is 10.6 Å². The fraction of sp³-hybridized carbons (Fsp3) is 0.778. The predicted octanol–water partition coefficient (Wildman–Crippen LogP) is 1.09. The summed E-state index contributed by atoms with van der Waals surface area (Å²) in [4.78, 5) is 49.4. The average molecular weight is 365 g/mol. The quantitative estimate of drug-likeness (QED) is 0.560. The number of carbonyl (C=O) groups is 4. The summed E-state index contributed by atoms with van der Waals surface area (Å²) in [5, 5.41) is 5.61. The van der Waals surface area contributed by atoms with Gasteiger partial charge in [0.05, 0.1) is 0 Å². The Kier molecular flexibility index (Phi) is 5.48. The van der Waals surface area contributed by atoms with Crippen LogP contribution >= 0.6 is 0 Å². The van der Waals surface area contributed by atoms with Crippen LogP contribution in [0.1, 0.15) is 58.3 Å². The summed E-state index contributed by atoms with van der Waals surface area (Å²) in [5.74, 6) is -1.05. The third kappa shape index (κ3) is 3.83. The standard InChI is InChI=1S/C18H27N3O5/c1-12-6-2-3-7-13(12)19-14(22)11-26-15(23)10-21-16(24)18(20-17(21)25)8-4-5-9-18/h12-13H,2-11H2,1H3,(H,19,22)(H,20,25)/t12-,13+/m0/s1. The summed E-state index contributed by atoms with van der Waals surface area (Å²) in [6, 6.07) is -0.447. The predicted molar refractivity (Wildman–Crippen MR) is 92.0 cm³/mol. The van der Waals surface area contributed by atoms with Crippen molar-refractivity contribution < 1.29 is 23.9 Å². The third-order valence-corrected chi connectivity index (χ3v) is 5.81. The fourth-order valence-corrected chi connectivity index (χ4v) is 4.24. The van der Waals surface area contributed by atoms with Crippen LogP contribution in [0.2, 0.25) is 0 Å². The highest BCUT2D eigenvalue weighted by Gasteiger charge is 2.52. The van der Waals surface area contributed by atoms with Gasteiger partial charge in [-0.2, -0.15) is 0 Å². The molecule has 2 saturated carbocycles. The number of amides is 4. The molecule has 0 aromatic rings. The Labute approximate surface area is 153 Å². The lowest BCUT2D eigenvalue weighted by Gasteiger charge is -2.29. The lowest BCUT2D eigenvalue weighted by molar-refractivity contribution is -0.151. The molecule has 2 aliphatic carbocycles. The maximum atomic E-state index is 12.5. The number of ether oxygens (including phenoxy) is 1. The molecule has 0 aromatic heterocycles. The molecule has 1 saturated heterocycles. The molecule has 26 heavy (non-hydrogen) atoms. The number of imide groups is 1. The van der Waals surface area contributed by atoms with Gasteiger partial charge in [-0.3, -0.25) is 19.3 Å². The molecule has 2 N–H and O–H groups in total. The number of carbonyl (C=O) groups excluding carboxylic acids is 4. The van der Waals surface area contributed by atoms with Crippen LogP contribution in [0, 0.1) is 5.92 Å². The highest BCUT2D eigenvalue weighted by molar-refractivity contribution is 6.08. The molecule has 0 bridgehead atoms. The first kappa shape index (κ1) is 18.7. The molecule has 1 spiro atoms. The summed E-state index contributed by atoms with van der Waals surface area (Å²) < 4.78 is 4.97. The Morgan fingerprint density at radius 2 is 1.88 bits per heavy atom. The topological polar surface area (TPSA) is 105 Å². The molecule has 1 aliphatic heterocycles. The van der Waals surface area contributed by atoms with Gasteiger partial charge in [0.1, 0.15) is 12.1 Å². The molecule has 144 valence electrons. The van der Waals surface area contributed by atoms with E-state index >= 15 is 0 Å². The van der Waals surface area contributed by atoms with Crippen LogP contribution in [0.15, 0.2) is 0 Å². The molecule has 1 heterocycles. The van der Waals surface area contributed by atoms with Crippen molar-refractivity contribution in [3.05, 3.63) is 0 Å². The van der Waals surface area contributed by atoms with Crippen LogP contribution in [-0.4, -0.2) is 53.4 Å². The van der Waals surface area contributed by atoms with E-state index in [1.165, 1.54) is 6.42 Å². The van der Waals surface area contributed by atoms with Crippen molar-refractivity contribution >= 4 is 23.8 Å². The lowest BCUT2D eigenvalue weighted by Crippen LogP contribution is -2.45. The van der Waals surface area contributed by atoms with Gasteiger partial charge >= 0.3 is 12.0 Å². The van der Waals surface area contributed by atoms with E-state index in [-0.39, 0.29) is 17.9 Å². The molecule has 8 heteroatoms. The Morgan fingerprint density at radius 1 is 1.19 bits per heavy atom. The van der Waals surface area contributed by atoms with E-state index in [0.29, 0.717) is 18.8 Å². The van der Waals surface area contributed by atoms with Gasteiger partial charge < -0.3 is 15.4 Å². The van der Waals surface area contributed by atoms with Gasteiger partial charge in [0.15, 0.2) is 6.61 Å². The van der Waals surface area contributed by atoms with Crippen LogP contribution in [-0.2, 0) is 19.1 Å². The lowest BCUT2D eigenvalue weighted by atomic mass is 9.86. The van der Waals surface area contributed by atoms with Gasteiger partial charge in [-0.15, -0.1) is 0 Å². The highest BCUT2D eigenvalue weighted by atomic mass is 16.5. The van der Waals surface area contributed by atoms with Crippen molar-refractivity contribution in [3.8, 4) is 0 Å². The zero-order valence-electron chi connectivity index (χ0n) is 15.2. The van der Waals surface area contributed by atoms with E-state index in [9.17, 15) is 19.2 Å². The normalized spacial score (nSPS) is 27.5. The van der Waals surface area contributed by atoms with E-state index < -0.39 is 30.7 Å². The molecule has 0 radical (unpaired) electrons. The van der Waals surface area contributed by atoms with Crippen molar-refractivity contribution in [1.29, 1.82) is 0 Å². The summed E-state index contributed by atoms with van der Waals surface area (Å²) in [6.45, 7) is 1.25. The molecule has 0 unspecified atom stereocenters. The Balaban J connectivity index is 1.44. The van der Waals surface area contributed by atoms with Crippen molar-refractivity contribution in [2.24, 2.45) is 5.92 Å². The zero-order valence-corrected chi connectivity index (χ0v) is 15.2. The minimum absolute atomic E-state index is 0.114. The Morgan fingerprint density at radius 3 is 2.58 bits per heavy atom. The molecule has 3 aliphatic rings. The molecule has 0 aromatic carbocycles. The first-order valence-corrected chi connectivity index (χ1v) is 9.50. The molecule has 3 rings (SSSR count). The maximum Gasteiger partial charge on any atom is 0.326 e. The van der Waals surface area contributed by atoms with Crippen molar-refractivity contribution in [1.82, 2.24) is 15.5 Å². The average Bonchev–Trinajstić information content (AvgIpc) is 3.16. The van der Waals surface area contributed by atoms with Crippen LogP contribution in [0.25, 0.3) is 0 Å². The van der Waals surface area contributed by atoms with Crippen LogP contribution in [0.3, 0.4) is 0 Å². The fourth-order valence-electron chi connectivity index (χ4n) is 4.24. The monoisotopic (exact) mass is 365 g/mol. The van der Waals surface area contributed by atoms with E-state index in [4.69, 9.17) is 4.74 Å². The molecule has 4 amide bonds. The van der Waals surface area contributed by atoms with E-state index in [1.54, 1.807) is 0 Å². The van der Waals surface area contributed by atoms with Crippen molar-refractivity contribution in [2.75, 3.05) is 13.2 Å². The van der Waals surface area contributed by atoms with E-state index in [1.807, 2.05) is 0 Å². The number of nitrogens with one attached hydrogen (secondary N) is 2. The maximum absolute atomic E-state index is 12.5. The van der Waals surface area contributed by atoms with Gasteiger partial charge in [-0.25, -0.2) is 4.79 Å². The second kappa shape index (κ2) is 7.63. The van der Waals surface area contributed by atoms with Crippen LogP contribution in [0.5, 0.6) is 0 Å². The number of esters is 1. The first-order chi connectivity index (χ1) is 12.4. The number of rotatable bonds is 5. The van der Waals surface area contributed by atoms with Gasteiger partial charge in [0.2, 0.25) is 0 Å². The Hall–Kier alpha value is -2.12. The number of hydrogen-bond acceptors (Lipinski definition) is 5. The van der Waals surface area contributed by atoms with Gasteiger partial charge in [0, 0.05) is 6.04 Å². The van der Waals surface area contributed by atoms with Crippen molar-refractivity contribution in [3.63, 3.8) is 0 Å². The summed E-state index contributed by atoms with van der Waals surface area (Å²) in [7, 11) is 0. The molecule has 2 atom stereocenters. The second-order valence-electron chi connectivity index (χ2n) is 7.71. The molecular formula is C18H27N3O5. The Bertz CT molecular complexity index is 600. The zero-order chi connectivity index (χ0) is 18.7. The minimum Gasteiger partial charge on any atom is -0.454 e. The number of nitrogens with zero attached hydrogens (tertiary/aromatic N) is 1. The van der Waals surface area contributed by atoms with Gasteiger partial charge in [0.25, 0.3) is 11.8 Å². The number of urea groups is 1. The van der Waals surface area contributed by atoms with Crippen molar-refractivity contribution in [2.45, 2.75) is 69.9 Å². The highest BCUT2D eigenvalue weighted by Crippen LogP contribution is 2.34. The van der Waals surface area contributed by atoms with Gasteiger partial charge in [-0.1, -0.05) is 32.6 Å². The summed E-state index contributed by atoms with van der Waals surface area (Å²) in [5.41, 5.74) is -0.841. The van der Waals surface area contributed by atoms with Gasteiger partial charge in [-0.05, 0) is 31.6 Å². The largest absolute Gasteiger partial charge is 0.454 e. The molecular weight excluding hydrogens is 338 g/mol. The smallest absolute Gasteiger partial charge is 0.326 e. The summed E-state index contributed by atoms with van der Waals surface area (Å²) in [6.07, 6.45) is 7.24. The molecule has 3 fully saturated rings.